The molecule has 0 bridgehead atoms. The molecule has 0 rings (SSSR count). The molecule has 0 aliphatic rings. The summed E-state index contributed by atoms with van der Waals surface area (Å²) >= 11 is 0. The van der Waals surface area contributed by atoms with Crippen LogP contribution >= 0.6 is 0 Å². The van der Waals surface area contributed by atoms with Crippen LogP contribution in [0.2, 0.25) is 0 Å². The van der Waals surface area contributed by atoms with Gasteiger partial charge in [-0.3, -0.25) is 0 Å². The predicted molar refractivity (Wildman–Crippen MR) is 65.8 cm³/mol. The number of unbranched alkanes of at least 4 members (excludes halogenated alkanes) is 1. The van der Waals surface area contributed by atoms with E-state index in [1.165, 1.54) is 4.31 Å². The zero-order chi connectivity index (χ0) is 12.6. The quantitative estimate of drug-likeness (QED) is 0.603. The van der Waals surface area contributed by atoms with Crippen molar-refractivity contribution >= 4 is 10.0 Å². The first-order chi connectivity index (χ1) is 7.40. The highest BCUT2D eigenvalue weighted by Crippen LogP contribution is 2.02. The molecule has 2 N–H and O–H groups in total. The first-order valence-electron chi connectivity index (χ1n) is 5.66. The lowest BCUT2D eigenvalue weighted by Crippen LogP contribution is -2.32. The van der Waals surface area contributed by atoms with E-state index in [-0.39, 0.29) is 11.9 Å². The summed E-state index contributed by atoms with van der Waals surface area (Å²) in [5, 5.41) is 0. The normalized spacial score (nSPS) is 12.6. The van der Waals surface area contributed by atoms with Crippen molar-refractivity contribution in [3.8, 4) is 0 Å². The lowest BCUT2D eigenvalue weighted by Gasteiger charge is -2.17. The Morgan fingerprint density at radius 1 is 1.31 bits per heavy atom. The molecule has 98 valence electrons. The molecule has 16 heavy (non-hydrogen) atoms. The first kappa shape index (κ1) is 15.8. The molecule has 0 saturated heterocycles. The van der Waals surface area contributed by atoms with Gasteiger partial charge in [0, 0.05) is 13.6 Å². The molecule has 0 aromatic carbocycles. The van der Waals surface area contributed by atoms with E-state index in [1.807, 2.05) is 13.8 Å². The standard InChI is InChI=1S/C10H24N2O3S/c1-10(2)15-8-7-12(3)16(13,14)9-5-4-6-11/h10H,4-9,11H2,1-3H3. The summed E-state index contributed by atoms with van der Waals surface area (Å²) in [5.74, 6) is 0.169. The van der Waals surface area contributed by atoms with Gasteiger partial charge in [0.15, 0.2) is 0 Å². The molecule has 6 heteroatoms. The molecule has 0 spiro atoms. The molecule has 0 saturated carbocycles. The number of likely N-dealkylation sites (N-methyl/N-ethyl adjacent to an activating group) is 1. The van der Waals surface area contributed by atoms with Gasteiger partial charge < -0.3 is 10.5 Å². The average molecular weight is 252 g/mol. The van der Waals surface area contributed by atoms with Crippen molar-refractivity contribution in [2.75, 3.05) is 32.5 Å². The van der Waals surface area contributed by atoms with Gasteiger partial charge in [-0.25, -0.2) is 12.7 Å². The number of nitrogens with zero attached hydrogens (tertiary/aromatic N) is 1. The van der Waals surface area contributed by atoms with Gasteiger partial charge >= 0.3 is 0 Å². The molecular formula is C10H24N2O3S. The molecule has 0 fully saturated rings. The summed E-state index contributed by atoms with van der Waals surface area (Å²) in [7, 11) is -1.55. The topological polar surface area (TPSA) is 72.6 Å². The SMILES string of the molecule is CC(C)OCCN(C)S(=O)(=O)CCCCN. The van der Waals surface area contributed by atoms with Gasteiger partial charge in [-0.05, 0) is 33.2 Å². The highest BCUT2D eigenvalue weighted by Gasteiger charge is 2.16. The van der Waals surface area contributed by atoms with Crippen LogP contribution in [0.3, 0.4) is 0 Å². The Bertz CT molecular complexity index is 265. The number of nitrogens with two attached hydrogens (primary N) is 1. The Labute approximate surface area is 99.0 Å². The van der Waals surface area contributed by atoms with E-state index in [4.69, 9.17) is 10.5 Å². The molecular weight excluding hydrogens is 228 g/mol. The molecule has 0 amide bonds. The van der Waals surface area contributed by atoms with Crippen LogP contribution in [0.15, 0.2) is 0 Å². The lowest BCUT2D eigenvalue weighted by molar-refractivity contribution is 0.0737. The minimum Gasteiger partial charge on any atom is -0.377 e. The van der Waals surface area contributed by atoms with E-state index in [9.17, 15) is 8.42 Å². The van der Waals surface area contributed by atoms with Crippen molar-refractivity contribution in [3.05, 3.63) is 0 Å². The minimum atomic E-state index is -3.13. The Balaban J connectivity index is 3.90. The van der Waals surface area contributed by atoms with E-state index in [0.717, 1.165) is 6.42 Å². The predicted octanol–water partition coefficient (Wildman–Crippen LogP) is 0.412. The van der Waals surface area contributed by atoms with Crippen molar-refractivity contribution in [1.82, 2.24) is 4.31 Å². The third-order valence-electron chi connectivity index (χ3n) is 2.19. The molecule has 0 aliphatic carbocycles. The van der Waals surface area contributed by atoms with E-state index >= 15 is 0 Å². The second-order valence-corrected chi connectivity index (χ2v) is 6.25. The zero-order valence-corrected chi connectivity index (χ0v) is 11.3. The van der Waals surface area contributed by atoms with Gasteiger partial charge in [-0.15, -0.1) is 0 Å². The van der Waals surface area contributed by atoms with Crippen LogP contribution in [0.1, 0.15) is 26.7 Å². The summed E-state index contributed by atoms with van der Waals surface area (Å²) in [6, 6.07) is 0. The fraction of sp³-hybridized carbons (Fsp3) is 1.00. The van der Waals surface area contributed by atoms with E-state index in [0.29, 0.717) is 26.1 Å². The van der Waals surface area contributed by atoms with Gasteiger partial charge in [0.2, 0.25) is 10.0 Å². The molecule has 0 unspecified atom stereocenters. The lowest BCUT2D eigenvalue weighted by atomic mass is 10.3. The van der Waals surface area contributed by atoms with Gasteiger partial charge in [-0.1, -0.05) is 0 Å². The molecule has 0 heterocycles. The summed E-state index contributed by atoms with van der Waals surface area (Å²) in [6.45, 7) is 5.23. The first-order valence-corrected chi connectivity index (χ1v) is 7.26. The molecule has 0 radical (unpaired) electrons. The number of hydrogen-bond acceptors (Lipinski definition) is 4. The van der Waals surface area contributed by atoms with Gasteiger partial charge in [0.05, 0.1) is 18.5 Å². The van der Waals surface area contributed by atoms with Crippen molar-refractivity contribution in [1.29, 1.82) is 0 Å². The van der Waals surface area contributed by atoms with Gasteiger partial charge in [-0.2, -0.15) is 0 Å². The Morgan fingerprint density at radius 2 is 1.94 bits per heavy atom. The monoisotopic (exact) mass is 252 g/mol. The Kier molecular flexibility index (Phi) is 7.91. The maximum Gasteiger partial charge on any atom is 0.213 e. The van der Waals surface area contributed by atoms with Crippen molar-refractivity contribution in [2.24, 2.45) is 5.73 Å². The third kappa shape index (κ3) is 7.16. The second kappa shape index (κ2) is 8.00. The maximum absolute atomic E-state index is 11.7. The van der Waals surface area contributed by atoms with Crippen molar-refractivity contribution in [2.45, 2.75) is 32.8 Å². The molecule has 0 atom stereocenters. The van der Waals surface area contributed by atoms with Crippen LogP contribution in [-0.4, -0.2) is 51.3 Å². The largest absolute Gasteiger partial charge is 0.377 e. The maximum atomic E-state index is 11.7. The zero-order valence-electron chi connectivity index (χ0n) is 10.5. The smallest absolute Gasteiger partial charge is 0.213 e. The summed E-state index contributed by atoms with van der Waals surface area (Å²) < 4.78 is 30.1. The van der Waals surface area contributed by atoms with Gasteiger partial charge in [0.25, 0.3) is 0 Å². The van der Waals surface area contributed by atoms with Crippen LogP contribution < -0.4 is 5.73 Å². The van der Waals surface area contributed by atoms with Gasteiger partial charge in [0.1, 0.15) is 0 Å². The van der Waals surface area contributed by atoms with E-state index in [2.05, 4.69) is 0 Å². The highest BCUT2D eigenvalue weighted by molar-refractivity contribution is 7.89. The molecule has 0 aromatic heterocycles. The average Bonchev–Trinajstić information content (AvgIpc) is 2.17. The molecule has 0 aliphatic heterocycles. The number of hydrogen-bond donors (Lipinski definition) is 1. The van der Waals surface area contributed by atoms with Crippen LogP contribution in [0, 0.1) is 0 Å². The molecule has 0 aromatic rings. The Hall–Kier alpha value is -0.170. The fourth-order valence-electron chi connectivity index (χ4n) is 1.14. The third-order valence-corrected chi connectivity index (χ3v) is 4.13. The van der Waals surface area contributed by atoms with Crippen LogP contribution in [-0.2, 0) is 14.8 Å². The molecule has 5 nitrogen and oxygen atoms in total. The van der Waals surface area contributed by atoms with Crippen LogP contribution in [0.4, 0.5) is 0 Å². The van der Waals surface area contributed by atoms with Crippen molar-refractivity contribution < 1.29 is 13.2 Å². The number of ether oxygens (including phenoxy) is 1. The highest BCUT2D eigenvalue weighted by atomic mass is 32.2. The number of rotatable bonds is 9. The Morgan fingerprint density at radius 3 is 2.44 bits per heavy atom. The summed E-state index contributed by atoms with van der Waals surface area (Å²) in [5.41, 5.74) is 5.32. The fourth-order valence-corrected chi connectivity index (χ4v) is 2.37. The second-order valence-electron chi connectivity index (χ2n) is 4.05. The van der Waals surface area contributed by atoms with E-state index < -0.39 is 10.0 Å². The van der Waals surface area contributed by atoms with E-state index in [1.54, 1.807) is 7.05 Å². The van der Waals surface area contributed by atoms with Crippen LogP contribution in [0.25, 0.3) is 0 Å². The minimum absolute atomic E-state index is 0.133. The number of sulfonamides is 1. The van der Waals surface area contributed by atoms with Crippen molar-refractivity contribution in [3.63, 3.8) is 0 Å². The van der Waals surface area contributed by atoms with Crippen LogP contribution in [0.5, 0.6) is 0 Å². The summed E-state index contributed by atoms with van der Waals surface area (Å²) in [6.07, 6.45) is 1.50. The summed E-state index contributed by atoms with van der Waals surface area (Å²) in [4.78, 5) is 0.